The van der Waals surface area contributed by atoms with Crippen LogP contribution in [-0.4, -0.2) is 12.7 Å². The first-order chi connectivity index (χ1) is 13.0. The number of nitrogens with zero attached hydrogens (tertiary/aromatic N) is 4. The van der Waals surface area contributed by atoms with Gasteiger partial charge in [0.2, 0.25) is 0 Å². The highest BCUT2D eigenvalue weighted by atomic mass is 16.5. The predicted octanol–water partition coefficient (Wildman–Crippen LogP) is 3.53. The molecule has 8 nitrogen and oxygen atoms in total. The van der Waals surface area contributed by atoms with E-state index in [1.165, 1.54) is 30.3 Å². The van der Waals surface area contributed by atoms with Gasteiger partial charge in [0.05, 0.1) is 41.0 Å². The summed E-state index contributed by atoms with van der Waals surface area (Å²) in [7, 11) is 0. The molecule has 0 aromatic heterocycles. The Morgan fingerprint density at radius 1 is 0.926 bits per heavy atom. The molecular formula is C19H11N5O3. The van der Waals surface area contributed by atoms with Crippen molar-refractivity contribution in [1.82, 2.24) is 0 Å². The third-order valence-corrected chi connectivity index (χ3v) is 3.24. The molecule has 0 aliphatic heterocycles. The molecule has 2 rings (SSSR count). The zero-order chi connectivity index (χ0) is 19.8. The van der Waals surface area contributed by atoms with Gasteiger partial charge in [-0.3, -0.25) is 5.32 Å². The Labute approximate surface area is 155 Å². The summed E-state index contributed by atoms with van der Waals surface area (Å²) in [6.07, 6.45) is -0.723. The summed E-state index contributed by atoms with van der Waals surface area (Å²) in [6, 6.07) is 14.4. The van der Waals surface area contributed by atoms with E-state index in [1.54, 1.807) is 6.92 Å². The van der Waals surface area contributed by atoms with Crippen LogP contribution in [0.25, 0.3) is 0 Å². The Bertz CT molecular complexity index is 997. The number of rotatable bonds is 4. The molecular weight excluding hydrogens is 346 g/mol. The minimum absolute atomic E-state index is 0.0123. The van der Waals surface area contributed by atoms with Crippen LogP contribution in [0.5, 0.6) is 11.5 Å². The second-order valence-corrected chi connectivity index (χ2v) is 5.04. The average molecular weight is 357 g/mol. The molecule has 0 unspecified atom stereocenters. The fraction of sp³-hybridized carbons (Fsp3) is 0.105. The summed E-state index contributed by atoms with van der Waals surface area (Å²) < 4.78 is 10.4. The number of anilines is 1. The Morgan fingerprint density at radius 2 is 1.48 bits per heavy atom. The molecule has 0 spiro atoms. The number of hydrogen-bond donors (Lipinski definition) is 1. The lowest BCUT2D eigenvalue weighted by molar-refractivity contribution is 0.168. The summed E-state index contributed by atoms with van der Waals surface area (Å²) in [5, 5.41) is 39.3. The fourth-order valence-corrected chi connectivity index (χ4v) is 2.17. The summed E-state index contributed by atoms with van der Waals surface area (Å²) in [6.45, 7) is 1.81. The van der Waals surface area contributed by atoms with Crippen molar-refractivity contribution in [3.8, 4) is 35.8 Å². The summed E-state index contributed by atoms with van der Waals surface area (Å²) in [5.74, 6) is 0.0816. The van der Waals surface area contributed by atoms with Crippen molar-refractivity contribution in [3.63, 3.8) is 0 Å². The standard InChI is InChI=1S/C19H11N5O3/c1-2-26-19(25)24-16-6-14(10-22)18(15(7-16)11-23)27-17-4-12(8-20)3-13(5-17)9-21/h3-7H,2H2,1H3,(H,24,25). The molecule has 27 heavy (non-hydrogen) atoms. The molecule has 130 valence electrons. The van der Waals surface area contributed by atoms with Gasteiger partial charge in [-0.05, 0) is 37.3 Å². The molecule has 0 saturated heterocycles. The largest absolute Gasteiger partial charge is 0.454 e. The van der Waals surface area contributed by atoms with E-state index in [4.69, 9.17) is 20.0 Å². The van der Waals surface area contributed by atoms with Crippen molar-refractivity contribution in [2.24, 2.45) is 0 Å². The van der Waals surface area contributed by atoms with Crippen LogP contribution in [0.1, 0.15) is 29.2 Å². The molecule has 2 aromatic carbocycles. The van der Waals surface area contributed by atoms with E-state index in [1.807, 2.05) is 24.3 Å². The molecule has 0 atom stereocenters. The maximum absolute atomic E-state index is 11.5. The number of hydrogen-bond acceptors (Lipinski definition) is 7. The Balaban J connectivity index is 2.48. The van der Waals surface area contributed by atoms with Crippen molar-refractivity contribution >= 4 is 11.8 Å². The van der Waals surface area contributed by atoms with Gasteiger partial charge in [-0.1, -0.05) is 0 Å². The topological polar surface area (TPSA) is 143 Å². The van der Waals surface area contributed by atoms with Gasteiger partial charge in [-0.2, -0.15) is 21.0 Å². The minimum Gasteiger partial charge on any atom is -0.454 e. The third-order valence-electron chi connectivity index (χ3n) is 3.24. The van der Waals surface area contributed by atoms with Gasteiger partial charge in [0.25, 0.3) is 0 Å². The summed E-state index contributed by atoms with van der Waals surface area (Å²) >= 11 is 0. The smallest absolute Gasteiger partial charge is 0.411 e. The van der Waals surface area contributed by atoms with Crippen LogP contribution < -0.4 is 10.1 Å². The van der Waals surface area contributed by atoms with E-state index in [-0.39, 0.29) is 46.0 Å². The maximum Gasteiger partial charge on any atom is 0.411 e. The highest BCUT2D eigenvalue weighted by Crippen LogP contribution is 2.32. The van der Waals surface area contributed by atoms with E-state index in [2.05, 4.69) is 5.32 Å². The number of ether oxygens (including phenoxy) is 2. The van der Waals surface area contributed by atoms with E-state index in [0.29, 0.717) is 0 Å². The molecule has 0 fully saturated rings. The van der Waals surface area contributed by atoms with Gasteiger partial charge in [0, 0.05) is 5.69 Å². The van der Waals surface area contributed by atoms with E-state index < -0.39 is 6.09 Å². The molecule has 0 heterocycles. The number of benzene rings is 2. The molecule has 1 N–H and O–H groups in total. The van der Waals surface area contributed by atoms with Crippen LogP contribution >= 0.6 is 0 Å². The lowest BCUT2D eigenvalue weighted by Gasteiger charge is -2.12. The number of amides is 1. The molecule has 8 heteroatoms. The van der Waals surface area contributed by atoms with E-state index in [9.17, 15) is 15.3 Å². The Morgan fingerprint density at radius 3 is 1.93 bits per heavy atom. The van der Waals surface area contributed by atoms with Gasteiger partial charge in [-0.25, -0.2) is 4.79 Å². The monoisotopic (exact) mass is 357 g/mol. The lowest BCUT2D eigenvalue weighted by Crippen LogP contribution is -2.13. The minimum atomic E-state index is -0.723. The summed E-state index contributed by atoms with van der Waals surface area (Å²) in [5.41, 5.74) is 0.559. The molecule has 0 aliphatic rings. The van der Waals surface area contributed by atoms with Crippen LogP contribution in [0.4, 0.5) is 10.5 Å². The van der Waals surface area contributed by atoms with Crippen LogP contribution in [-0.2, 0) is 4.74 Å². The third kappa shape index (κ3) is 4.51. The molecule has 2 aromatic rings. The van der Waals surface area contributed by atoms with Crippen LogP contribution in [0.15, 0.2) is 30.3 Å². The lowest BCUT2D eigenvalue weighted by atomic mass is 10.1. The Kier molecular flexibility index (Phi) is 5.94. The first-order valence-electron chi connectivity index (χ1n) is 7.59. The van der Waals surface area contributed by atoms with Gasteiger partial charge >= 0.3 is 6.09 Å². The normalized spacial score (nSPS) is 9.07. The number of nitriles is 4. The predicted molar refractivity (Wildman–Crippen MR) is 92.5 cm³/mol. The number of nitrogens with one attached hydrogen (secondary N) is 1. The van der Waals surface area contributed by atoms with Gasteiger partial charge in [0.1, 0.15) is 17.9 Å². The van der Waals surface area contributed by atoms with Crippen LogP contribution in [0, 0.1) is 45.3 Å². The van der Waals surface area contributed by atoms with Crippen LogP contribution in [0.2, 0.25) is 0 Å². The maximum atomic E-state index is 11.5. The molecule has 0 radical (unpaired) electrons. The quantitative estimate of drug-likeness (QED) is 0.881. The molecule has 1 amide bonds. The zero-order valence-corrected chi connectivity index (χ0v) is 14.1. The first kappa shape index (κ1) is 18.8. The van der Waals surface area contributed by atoms with E-state index >= 15 is 0 Å². The fourth-order valence-electron chi connectivity index (χ4n) is 2.17. The van der Waals surface area contributed by atoms with Gasteiger partial charge in [-0.15, -0.1) is 0 Å². The number of carbonyl (C=O) groups excluding carboxylic acids is 1. The van der Waals surface area contributed by atoms with Crippen molar-refractivity contribution in [3.05, 3.63) is 52.6 Å². The second-order valence-electron chi connectivity index (χ2n) is 5.04. The van der Waals surface area contributed by atoms with Crippen LogP contribution in [0.3, 0.4) is 0 Å². The van der Waals surface area contributed by atoms with Crippen molar-refractivity contribution in [2.45, 2.75) is 6.92 Å². The SMILES string of the molecule is CCOC(=O)Nc1cc(C#N)c(Oc2cc(C#N)cc(C#N)c2)c(C#N)c1. The van der Waals surface area contributed by atoms with E-state index in [0.717, 1.165) is 0 Å². The highest BCUT2D eigenvalue weighted by molar-refractivity contribution is 5.85. The average Bonchev–Trinajstić information content (AvgIpc) is 2.68. The van der Waals surface area contributed by atoms with Gasteiger partial charge < -0.3 is 9.47 Å². The second kappa shape index (κ2) is 8.53. The Hall–Kier alpha value is -4.53. The molecule has 0 saturated carbocycles. The highest BCUT2D eigenvalue weighted by Gasteiger charge is 2.16. The van der Waals surface area contributed by atoms with Crippen molar-refractivity contribution < 1.29 is 14.3 Å². The van der Waals surface area contributed by atoms with Crippen molar-refractivity contribution in [1.29, 1.82) is 21.0 Å². The van der Waals surface area contributed by atoms with Crippen molar-refractivity contribution in [2.75, 3.05) is 11.9 Å². The zero-order valence-electron chi connectivity index (χ0n) is 14.1. The molecule has 0 bridgehead atoms. The first-order valence-corrected chi connectivity index (χ1v) is 7.59. The van der Waals surface area contributed by atoms with Gasteiger partial charge in [0.15, 0.2) is 5.75 Å². The number of carbonyl (C=O) groups is 1. The molecule has 0 aliphatic carbocycles. The summed E-state index contributed by atoms with van der Waals surface area (Å²) in [4.78, 5) is 11.5.